The van der Waals surface area contributed by atoms with Gasteiger partial charge in [-0.3, -0.25) is 9.79 Å². The molecule has 0 fully saturated rings. The predicted molar refractivity (Wildman–Crippen MR) is 88.5 cm³/mol. The van der Waals surface area contributed by atoms with Gasteiger partial charge in [-0.25, -0.2) is 0 Å². The minimum absolute atomic E-state index is 0.112. The third-order valence-corrected chi connectivity index (χ3v) is 3.30. The van der Waals surface area contributed by atoms with Gasteiger partial charge in [0.15, 0.2) is 5.96 Å². The molecule has 5 heteroatoms. The molecule has 124 valence electrons. The zero-order chi connectivity index (χ0) is 15.9. The summed E-state index contributed by atoms with van der Waals surface area (Å²) in [5.74, 6) is 1.53. The number of nitrogens with zero attached hydrogens (tertiary/aromatic N) is 1. The van der Waals surface area contributed by atoms with E-state index in [0.717, 1.165) is 50.7 Å². The molecule has 21 heavy (non-hydrogen) atoms. The molecule has 0 bridgehead atoms. The highest BCUT2D eigenvalue weighted by Crippen LogP contribution is 2.03. The average Bonchev–Trinajstić information content (AvgIpc) is 2.47. The van der Waals surface area contributed by atoms with Crippen molar-refractivity contribution >= 4 is 11.9 Å². The lowest BCUT2D eigenvalue weighted by molar-refractivity contribution is -0.140. The minimum Gasteiger partial charge on any atom is -0.469 e. The summed E-state index contributed by atoms with van der Waals surface area (Å²) in [6.07, 6.45) is 7.13. The summed E-state index contributed by atoms with van der Waals surface area (Å²) in [4.78, 5) is 15.1. The molecule has 0 radical (unpaired) electrons. The number of methoxy groups -OCH3 is 1. The van der Waals surface area contributed by atoms with E-state index in [1.54, 1.807) is 7.05 Å². The molecule has 0 aliphatic heterocycles. The molecule has 5 nitrogen and oxygen atoms in total. The van der Waals surface area contributed by atoms with Crippen LogP contribution in [-0.2, 0) is 9.53 Å². The normalized spacial score (nSPS) is 11.6. The van der Waals surface area contributed by atoms with Gasteiger partial charge in [0.25, 0.3) is 0 Å². The number of carbonyl (C=O) groups is 1. The summed E-state index contributed by atoms with van der Waals surface area (Å²) in [6.45, 7) is 6.37. The van der Waals surface area contributed by atoms with E-state index in [9.17, 15) is 4.79 Å². The monoisotopic (exact) mass is 299 g/mol. The van der Waals surface area contributed by atoms with Crippen LogP contribution in [0.3, 0.4) is 0 Å². The summed E-state index contributed by atoms with van der Waals surface area (Å²) < 4.78 is 4.61. The van der Waals surface area contributed by atoms with Crippen molar-refractivity contribution in [3.63, 3.8) is 0 Å². The molecule has 0 spiro atoms. The highest BCUT2D eigenvalue weighted by atomic mass is 16.5. The largest absolute Gasteiger partial charge is 0.469 e. The molecule has 0 aliphatic rings. The van der Waals surface area contributed by atoms with Crippen LogP contribution in [-0.4, -0.2) is 39.2 Å². The fourth-order valence-electron chi connectivity index (χ4n) is 1.99. The van der Waals surface area contributed by atoms with Gasteiger partial charge in [-0.2, -0.15) is 0 Å². The zero-order valence-corrected chi connectivity index (χ0v) is 14.2. The smallest absolute Gasteiger partial charge is 0.305 e. The molecule has 0 aromatic carbocycles. The van der Waals surface area contributed by atoms with E-state index in [1.165, 1.54) is 20.0 Å². The third-order valence-electron chi connectivity index (χ3n) is 3.30. The number of aliphatic imine (C=N–C) groups is 1. The van der Waals surface area contributed by atoms with Gasteiger partial charge >= 0.3 is 5.97 Å². The third kappa shape index (κ3) is 13.5. The summed E-state index contributed by atoms with van der Waals surface area (Å²) >= 11 is 0. The number of unbranched alkanes of at least 4 members (excludes halogenated alkanes) is 3. The first kappa shape index (κ1) is 19.7. The van der Waals surface area contributed by atoms with Crippen molar-refractivity contribution < 1.29 is 9.53 Å². The van der Waals surface area contributed by atoms with Crippen molar-refractivity contribution in [1.29, 1.82) is 0 Å². The quantitative estimate of drug-likeness (QED) is 0.266. The molecule has 0 heterocycles. The van der Waals surface area contributed by atoms with E-state index < -0.39 is 0 Å². The lowest BCUT2D eigenvalue weighted by Crippen LogP contribution is -2.38. The van der Waals surface area contributed by atoms with Crippen molar-refractivity contribution in [2.24, 2.45) is 10.9 Å². The Balaban J connectivity index is 3.45. The van der Waals surface area contributed by atoms with Gasteiger partial charge < -0.3 is 15.4 Å². The van der Waals surface area contributed by atoms with Crippen LogP contribution in [0.1, 0.15) is 58.8 Å². The van der Waals surface area contributed by atoms with Gasteiger partial charge in [-0.1, -0.05) is 26.7 Å². The number of hydrogen-bond donors (Lipinski definition) is 2. The fourth-order valence-corrected chi connectivity index (χ4v) is 1.99. The first-order valence-corrected chi connectivity index (χ1v) is 8.11. The van der Waals surface area contributed by atoms with Crippen LogP contribution in [0.2, 0.25) is 0 Å². The summed E-state index contributed by atoms with van der Waals surface area (Å²) in [5.41, 5.74) is 0. The van der Waals surface area contributed by atoms with E-state index in [2.05, 4.69) is 34.2 Å². The van der Waals surface area contributed by atoms with Gasteiger partial charge in [0.05, 0.1) is 7.11 Å². The van der Waals surface area contributed by atoms with E-state index in [4.69, 9.17) is 0 Å². The first-order chi connectivity index (χ1) is 10.1. The van der Waals surface area contributed by atoms with Gasteiger partial charge in [-0.05, 0) is 31.6 Å². The maximum absolute atomic E-state index is 10.9. The van der Waals surface area contributed by atoms with Crippen LogP contribution in [0.4, 0.5) is 0 Å². The average molecular weight is 299 g/mol. The number of guanidine groups is 1. The Labute approximate surface area is 129 Å². The Hall–Kier alpha value is -1.26. The van der Waals surface area contributed by atoms with E-state index in [-0.39, 0.29) is 5.97 Å². The molecule has 0 saturated carbocycles. The lowest BCUT2D eigenvalue weighted by Gasteiger charge is -2.12. The number of esters is 1. The second-order valence-corrected chi connectivity index (χ2v) is 5.70. The van der Waals surface area contributed by atoms with Crippen molar-refractivity contribution in [1.82, 2.24) is 10.6 Å². The summed E-state index contributed by atoms with van der Waals surface area (Å²) in [5, 5.41) is 6.64. The highest BCUT2D eigenvalue weighted by molar-refractivity contribution is 5.79. The molecule has 2 N–H and O–H groups in total. The van der Waals surface area contributed by atoms with Gasteiger partial charge in [0, 0.05) is 26.6 Å². The topological polar surface area (TPSA) is 62.7 Å². The van der Waals surface area contributed by atoms with Crippen LogP contribution in [0.25, 0.3) is 0 Å². The van der Waals surface area contributed by atoms with Crippen LogP contribution >= 0.6 is 0 Å². The van der Waals surface area contributed by atoms with Gasteiger partial charge in [0.2, 0.25) is 0 Å². The second kappa shape index (κ2) is 13.7. The SMILES string of the molecule is CN=C(NCCCCCCC(=O)OC)NCCCC(C)C. The Morgan fingerprint density at radius 2 is 1.67 bits per heavy atom. The van der Waals surface area contributed by atoms with E-state index in [0.29, 0.717) is 6.42 Å². The molecule has 0 amide bonds. The standard InChI is InChI=1S/C16H33N3O2/c1-14(2)10-9-13-19-16(17-3)18-12-8-6-5-7-11-15(20)21-4/h14H,5-13H2,1-4H3,(H2,17,18,19). The number of carbonyl (C=O) groups excluding carboxylic acids is 1. The fraction of sp³-hybridized carbons (Fsp3) is 0.875. The predicted octanol–water partition coefficient (Wildman–Crippen LogP) is 2.71. The molecule has 0 aliphatic carbocycles. The molecule has 0 unspecified atom stereocenters. The van der Waals surface area contributed by atoms with Crippen LogP contribution in [0, 0.1) is 5.92 Å². The molecular formula is C16H33N3O2. The van der Waals surface area contributed by atoms with Gasteiger partial charge in [0.1, 0.15) is 0 Å². The van der Waals surface area contributed by atoms with Crippen molar-refractivity contribution in [2.45, 2.75) is 58.8 Å². The van der Waals surface area contributed by atoms with E-state index in [1.807, 2.05) is 0 Å². The van der Waals surface area contributed by atoms with Crippen LogP contribution in [0.5, 0.6) is 0 Å². The van der Waals surface area contributed by atoms with Gasteiger partial charge in [-0.15, -0.1) is 0 Å². The lowest BCUT2D eigenvalue weighted by atomic mass is 10.1. The molecule has 0 rings (SSSR count). The first-order valence-electron chi connectivity index (χ1n) is 8.11. The second-order valence-electron chi connectivity index (χ2n) is 5.70. The Kier molecular flexibility index (Phi) is 12.9. The molecule has 0 aromatic rings. The number of hydrogen-bond acceptors (Lipinski definition) is 3. The molecule has 0 aromatic heterocycles. The molecular weight excluding hydrogens is 266 g/mol. The van der Waals surface area contributed by atoms with Crippen LogP contribution < -0.4 is 10.6 Å². The molecule has 0 saturated heterocycles. The number of nitrogens with one attached hydrogen (secondary N) is 2. The van der Waals surface area contributed by atoms with Crippen molar-refractivity contribution in [2.75, 3.05) is 27.2 Å². The number of rotatable bonds is 11. The number of ether oxygens (including phenoxy) is 1. The summed E-state index contributed by atoms with van der Waals surface area (Å²) in [7, 11) is 3.24. The summed E-state index contributed by atoms with van der Waals surface area (Å²) in [6, 6.07) is 0. The van der Waals surface area contributed by atoms with Crippen molar-refractivity contribution in [3.8, 4) is 0 Å². The minimum atomic E-state index is -0.112. The maximum Gasteiger partial charge on any atom is 0.305 e. The Morgan fingerprint density at radius 1 is 1.05 bits per heavy atom. The molecule has 0 atom stereocenters. The van der Waals surface area contributed by atoms with Crippen molar-refractivity contribution in [3.05, 3.63) is 0 Å². The highest BCUT2D eigenvalue weighted by Gasteiger charge is 2.00. The zero-order valence-electron chi connectivity index (χ0n) is 14.2. The van der Waals surface area contributed by atoms with Crippen LogP contribution in [0.15, 0.2) is 4.99 Å². The Morgan fingerprint density at radius 3 is 2.24 bits per heavy atom. The Bertz CT molecular complexity index is 291. The maximum atomic E-state index is 10.9. The van der Waals surface area contributed by atoms with E-state index >= 15 is 0 Å².